The van der Waals surface area contributed by atoms with Gasteiger partial charge >= 0.3 is 0 Å². The summed E-state index contributed by atoms with van der Waals surface area (Å²) in [5.74, 6) is 6.39. The average molecular weight is 413 g/mol. The summed E-state index contributed by atoms with van der Waals surface area (Å²) in [5, 5.41) is 0. The number of benzene rings is 1. The molecule has 1 saturated heterocycles. The normalized spacial score (nSPS) is 16.9. The fraction of sp³-hybridized carbons (Fsp3) is 0.577. The molecule has 164 valence electrons. The van der Waals surface area contributed by atoms with Crippen molar-refractivity contribution in [3.63, 3.8) is 0 Å². The van der Waals surface area contributed by atoms with Gasteiger partial charge in [-0.25, -0.2) is 0 Å². The van der Waals surface area contributed by atoms with Crippen molar-refractivity contribution < 1.29 is 19.0 Å². The number of methoxy groups -OCH3 is 1. The van der Waals surface area contributed by atoms with Gasteiger partial charge in [0.05, 0.1) is 13.2 Å². The van der Waals surface area contributed by atoms with Gasteiger partial charge in [-0.3, -0.25) is 4.79 Å². The Morgan fingerprint density at radius 1 is 1.33 bits per heavy atom. The summed E-state index contributed by atoms with van der Waals surface area (Å²) in [5.41, 5.74) is 1.43. The number of Topliss-reactive ketones (excluding diaryl/α,β-unsaturated/α-hetero) is 1. The molecule has 0 saturated carbocycles. The predicted octanol–water partition coefficient (Wildman–Crippen LogP) is 5.88. The van der Waals surface area contributed by atoms with Gasteiger partial charge in [-0.2, -0.15) is 0 Å². The van der Waals surface area contributed by atoms with Crippen LogP contribution in [-0.2, 0) is 15.9 Å². The molecule has 1 aliphatic heterocycles. The number of hydrogen-bond donors (Lipinski definition) is 0. The maximum absolute atomic E-state index is 12.7. The van der Waals surface area contributed by atoms with Crippen LogP contribution in [0.3, 0.4) is 0 Å². The fourth-order valence-corrected chi connectivity index (χ4v) is 3.70. The second kappa shape index (κ2) is 14.0. The molecule has 0 radical (unpaired) electrons. The zero-order valence-corrected chi connectivity index (χ0v) is 18.6. The standard InChI is InChI=1S/C26H36O4/c1-4-6-7-14-21(30-26-19-10-11-20-29-26)15-8-9-17-24(27)22-16-12-18-25(28-3)23(22)13-5-2/h5,12,16,18,21,26H,2,4,6-8,10-11,13-15,19-20H2,1,3H3/t21-,26?/m0/s1. The highest BCUT2D eigenvalue weighted by Gasteiger charge is 2.19. The number of ketones is 1. The first-order chi connectivity index (χ1) is 14.7. The van der Waals surface area contributed by atoms with Crippen molar-refractivity contribution in [2.24, 2.45) is 0 Å². The number of allylic oxidation sites excluding steroid dienone is 1. The van der Waals surface area contributed by atoms with E-state index in [0.717, 1.165) is 50.7 Å². The van der Waals surface area contributed by atoms with Gasteiger partial charge in [-0.05, 0) is 56.6 Å². The molecule has 1 aromatic rings. The van der Waals surface area contributed by atoms with Gasteiger partial charge in [0.25, 0.3) is 0 Å². The molecule has 0 amide bonds. The SMILES string of the molecule is C=CCc1c(OC)cccc1C(=O)C#CCC[C@H](CCCCC)OC1CCCCO1. The van der Waals surface area contributed by atoms with Crippen molar-refractivity contribution in [1.82, 2.24) is 0 Å². The molecule has 1 aromatic carbocycles. The van der Waals surface area contributed by atoms with Crippen LogP contribution in [0.15, 0.2) is 30.9 Å². The van der Waals surface area contributed by atoms with E-state index in [1.165, 1.54) is 12.8 Å². The van der Waals surface area contributed by atoms with Crippen molar-refractivity contribution in [3.05, 3.63) is 42.0 Å². The van der Waals surface area contributed by atoms with Gasteiger partial charge in [0.2, 0.25) is 5.78 Å². The Labute approximate surface area is 182 Å². The number of ether oxygens (including phenoxy) is 3. The van der Waals surface area contributed by atoms with E-state index in [-0.39, 0.29) is 18.2 Å². The smallest absolute Gasteiger partial charge is 0.236 e. The number of carbonyl (C=O) groups excluding carboxylic acids is 1. The summed E-state index contributed by atoms with van der Waals surface area (Å²) in [6.07, 6.45) is 11.7. The molecule has 1 aliphatic rings. The maximum Gasteiger partial charge on any atom is 0.236 e. The van der Waals surface area contributed by atoms with Crippen LogP contribution in [0.5, 0.6) is 5.75 Å². The third-order valence-corrected chi connectivity index (χ3v) is 5.35. The van der Waals surface area contributed by atoms with Crippen LogP contribution in [0.2, 0.25) is 0 Å². The molecule has 4 nitrogen and oxygen atoms in total. The van der Waals surface area contributed by atoms with Crippen molar-refractivity contribution in [2.75, 3.05) is 13.7 Å². The Bertz CT molecular complexity index is 722. The first-order valence-electron chi connectivity index (χ1n) is 11.3. The molecule has 2 atom stereocenters. The largest absolute Gasteiger partial charge is 0.496 e. The molecular formula is C26H36O4. The van der Waals surface area contributed by atoms with Crippen molar-refractivity contribution >= 4 is 5.78 Å². The van der Waals surface area contributed by atoms with Gasteiger partial charge in [0.1, 0.15) is 5.75 Å². The second-order valence-corrected chi connectivity index (χ2v) is 7.70. The molecule has 0 aliphatic carbocycles. The van der Waals surface area contributed by atoms with E-state index in [4.69, 9.17) is 14.2 Å². The Balaban J connectivity index is 1.95. The first-order valence-corrected chi connectivity index (χ1v) is 11.3. The van der Waals surface area contributed by atoms with E-state index in [1.807, 2.05) is 12.1 Å². The van der Waals surface area contributed by atoms with Crippen molar-refractivity contribution in [2.45, 2.75) is 83.5 Å². The minimum atomic E-state index is -0.176. The highest BCUT2D eigenvalue weighted by molar-refractivity contribution is 6.10. The molecule has 0 aromatic heterocycles. The lowest BCUT2D eigenvalue weighted by Crippen LogP contribution is -2.28. The third-order valence-electron chi connectivity index (χ3n) is 5.35. The van der Waals surface area contributed by atoms with Crippen LogP contribution in [-0.4, -0.2) is 31.9 Å². The van der Waals surface area contributed by atoms with Crippen LogP contribution in [0.4, 0.5) is 0 Å². The maximum atomic E-state index is 12.7. The lowest BCUT2D eigenvalue weighted by molar-refractivity contribution is -0.190. The summed E-state index contributed by atoms with van der Waals surface area (Å²) >= 11 is 0. The molecule has 0 spiro atoms. The third kappa shape index (κ3) is 7.97. The topological polar surface area (TPSA) is 44.8 Å². The van der Waals surface area contributed by atoms with Gasteiger partial charge in [0.15, 0.2) is 6.29 Å². The predicted molar refractivity (Wildman–Crippen MR) is 121 cm³/mol. The number of hydrogen-bond acceptors (Lipinski definition) is 4. The molecule has 1 fully saturated rings. The fourth-order valence-electron chi connectivity index (χ4n) is 3.70. The van der Waals surface area contributed by atoms with E-state index in [2.05, 4.69) is 25.3 Å². The van der Waals surface area contributed by atoms with Crippen LogP contribution in [0, 0.1) is 11.8 Å². The summed E-state index contributed by atoms with van der Waals surface area (Å²) < 4.78 is 17.3. The quantitative estimate of drug-likeness (QED) is 0.141. The lowest BCUT2D eigenvalue weighted by atomic mass is 9.99. The van der Waals surface area contributed by atoms with E-state index in [1.54, 1.807) is 19.3 Å². The Kier molecular flexibility index (Phi) is 11.3. The molecule has 2 rings (SSSR count). The highest BCUT2D eigenvalue weighted by atomic mass is 16.7. The Hall–Kier alpha value is -2.09. The van der Waals surface area contributed by atoms with Crippen LogP contribution < -0.4 is 4.74 Å². The molecular weight excluding hydrogens is 376 g/mol. The zero-order valence-electron chi connectivity index (χ0n) is 18.6. The lowest BCUT2D eigenvalue weighted by Gasteiger charge is -2.27. The van der Waals surface area contributed by atoms with Crippen molar-refractivity contribution in [1.29, 1.82) is 0 Å². The van der Waals surface area contributed by atoms with Gasteiger partial charge in [-0.15, -0.1) is 6.58 Å². The van der Waals surface area contributed by atoms with E-state index >= 15 is 0 Å². The first kappa shape index (κ1) is 24.2. The average Bonchev–Trinajstić information content (AvgIpc) is 2.77. The van der Waals surface area contributed by atoms with Gasteiger partial charge in [-0.1, -0.05) is 44.2 Å². The molecule has 0 N–H and O–H groups in total. The van der Waals surface area contributed by atoms with E-state index in [0.29, 0.717) is 24.2 Å². The van der Waals surface area contributed by atoms with Crippen LogP contribution in [0.25, 0.3) is 0 Å². The van der Waals surface area contributed by atoms with E-state index in [9.17, 15) is 4.79 Å². The van der Waals surface area contributed by atoms with Crippen LogP contribution in [0.1, 0.15) is 80.6 Å². The minimum Gasteiger partial charge on any atom is -0.496 e. The van der Waals surface area contributed by atoms with Gasteiger partial charge < -0.3 is 14.2 Å². The van der Waals surface area contributed by atoms with E-state index < -0.39 is 0 Å². The monoisotopic (exact) mass is 412 g/mol. The summed E-state index contributed by atoms with van der Waals surface area (Å²) in [6.45, 7) is 6.77. The molecule has 1 heterocycles. The second-order valence-electron chi connectivity index (χ2n) is 7.70. The van der Waals surface area contributed by atoms with Crippen molar-refractivity contribution in [3.8, 4) is 17.6 Å². The summed E-state index contributed by atoms with van der Waals surface area (Å²) in [7, 11) is 1.61. The molecule has 30 heavy (non-hydrogen) atoms. The Morgan fingerprint density at radius 3 is 2.90 bits per heavy atom. The minimum absolute atomic E-state index is 0.0850. The Morgan fingerprint density at radius 2 is 2.20 bits per heavy atom. The van der Waals surface area contributed by atoms with Crippen LogP contribution >= 0.6 is 0 Å². The molecule has 1 unspecified atom stereocenters. The number of unbranched alkanes of at least 4 members (excludes halogenated alkanes) is 2. The number of rotatable bonds is 12. The highest BCUT2D eigenvalue weighted by Crippen LogP contribution is 2.24. The van der Waals surface area contributed by atoms with Gasteiger partial charge in [0, 0.05) is 24.2 Å². The zero-order chi connectivity index (χ0) is 21.6. The summed E-state index contributed by atoms with van der Waals surface area (Å²) in [4.78, 5) is 12.7. The molecule has 0 bridgehead atoms. The molecule has 4 heteroatoms. The summed E-state index contributed by atoms with van der Waals surface area (Å²) in [6, 6.07) is 5.48. The number of carbonyl (C=O) groups is 1.